The van der Waals surface area contributed by atoms with Gasteiger partial charge in [0.05, 0.1) is 12.5 Å². The van der Waals surface area contributed by atoms with E-state index >= 15 is 0 Å². The molecule has 7 heteroatoms. The number of aromatic nitrogens is 1. The van der Waals surface area contributed by atoms with Crippen molar-refractivity contribution in [2.75, 3.05) is 0 Å². The average molecular weight is 213 g/mol. The fraction of sp³-hybridized carbons (Fsp3) is 0.250. The normalized spacial score (nSPS) is 10.0. The Hall–Kier alpha value is -2.10. The highest BCUT2D eigenvalue weighted by Crippen LogP contribution is 2.25. The number of hydrogen-bond donors (Lipinski definition) is 0. The van der Waals surface area contributed by atoms with Crippen LogP contribution in [0.5, 0.6) is 0 Å². The Morgan fingerprint density at radius 2 is 2.33 bits per heavy atom. The van der Waals surface area contributed by atoms with Gasteiger partial charge < -0.3 is 10.1 Å². The Morgan fingerprint density at radius 3 is 2.80 bits per heavy atom. The molecule has 0 aliphatic carbocycles. The molecule has 0 bridgehead atoms. The maximum Gasteiger partial charge on any atom is 0.363 e. The minimum Gasteiger partial charge on any atom is -0.358 e. The topological polar surface area (TPSA) is 79.8 Å². The summed E-state index contributed by atoms with van der Waals surface area (Å²) in [4.78, 5) is 12.8. The lowest BCUT2D eigenvalue weighted by Crippen LogP contribution is -1.99. The molecule has 0 saturated heterocycles. The van der Waals surface area contributed by atoms with E-state index in [-0.39, 0.29) is 12.0 Å². The molecule has 1 heterocycles. The molecule has 0 radical (unpaired) electrons. The Kier molecular flexibility index (Phi) is 3.23. The van der Waals surface area contributed by atoms with Gasteiger partial charge in [-0.15, -0.1) is 0 Å². The zero-order valence-corrected chi connectivity index (χ0v) is 7.35. The van der Waals surface area contributed by atoms with Crippen LogP contribution in [0, 0.1) is 21.4 Å². The fourth-order valence-corrected chi connectivity index (χ4v) is 1.02. The molecule has 0 aliphatic rings. The van der Waals surface area contributed by atoms with Gasteiger partial charge in [0, 0.05) is 17.2 Å². The first-order valence-electron chi connectivity index (χ1n) is 3.84. The maximum absolute atomic E-state index is 12.4. The summed E-state index contributed by atoms with van der Waals surface area (Å²) in [5.41, 5.74) is -0.503. The van der Waals surface area contributed by atoms with Crippen LogP contribution in [0.3, 0.4) is 0 Å². The van der Waals surface area contributed by atoms with Crippen LogP contribution in [0.25, 0.3) is 0 Å². The number of halogens is 2. The Balaban J connectivity index is 3.22. The highest BCUT2D eigenvalue weighted by Gasteiger charge is 2.19. The third-order valence-corrected chi connectivity index (χ3v) is 1.70. The standard InChI is InChI=1S/C8H5F2N3O2/c9-8(10)6-3-7(13(14)15)12-4-5(6)1-2-11/h3-4,8H,1H2. The van der Waals surface area contributed by atoms with Crippen LogP contribution in [-0.2, 0) is 6.42 Å². The van der Waals surface area contributed by atoms with Crippen molar-refractivity contribution in [1.82, 2.24) is 4.98 Å². The maximum atomic E-state index is 12.4. The van der Waals surface area contributed by atoms with E-state index in [0.29, 0.717) is 6.07 Å². The smallest absolute Gasteiger partial charge is 0.358 e. The second kappa shape index (κ2) is 4.41. The zero-order chi connectivity index (χ0) is 11.4. The molecule has 0 saturated carbocycles. The molecular weight excluding hydrogens is 208 g/mol. The van der Waals surface area contributed by atoms with Gasteiger partial charge in [0.25, 0.3) is 6.43 Å². The molecule has 0 fully saturated rings. The zero-order valence-electron chi connectivity index (χ0n) is 7.35. The van der Waals surface area contributed by atoms with Crippen LogP contribution in [0.1, 0.15) is 17.6 Å². The lowest BCUT2D eigenvalue weighted by molar-refractivity contribution is -0.389. The first-order chi connectivity index (χ1) is 7.06. The predicted octanol–water partition coefficient (Wildman–Crippen LogP) is 1.99. The van der Waals surface area contributed by atoms with Crippen molar-refractivity contribution >= 4 is 5.82 Å². The molecule has 78 valence electrons. The molecular formula is C8H5F2N3O2. The molecule has 1 rings (SSSR count). The van der Waals surface area contributed by atoms with E-state index in [4.69, 9.17) is 5.26 Å². The average Bonchev–Trinajstić information content (AvgIpc) is 2.18. The van der Waals surface area contributed by atoms with Crippen LogP contribution >= 0.6 is 0 Å². The van der Waals surface area contributed by atoms with E-state index in [9.17, 15) is 18.9 Å². The van der Waals surface area contributed by atoms with Crippen LogP contribution in [0.2, 0.25) is 0 Å². The SMILES string of the molecule is N#CCc1cnc([N+](=O)[O-])cc1C(F)F. The molecule has 0 atom stereocenters. The van der Waals surface area contributed by atoms with Gasteiger partial charge in [0.2, 0.25) is 0 Å². The largest absolute Gasteiger partial charge is 0.363 e. The van der Waals surface area contributed by atoms with Gasteiger partial charge in [-0.25, -0.2) is 8.78 Å². The number of nitriles is 1. The minimum absolute atomic E-state index is 0.0121. The van der Waals surface area contributed by atoms with Crippen LogP contribution in [0.4, 0.5) is 14.6 Å². The van der Waals surface area contributed by atoms with Crippen molar-refractivity contribution in [2.24, 2.45) is 0 Å². The Morgan fingerprint density at radius 1 is 1.67 bits per heavy atom. The lowest BCUT2D eigenvalue weighted by atomic mass is 10.1. The summed E-state index contributed by atoms with van der Waals surface area (Å²) in [5.74, 6) is -0.646. The van der Waals surface area contributed by atoms with Gasteiger partial charge in [-0.05, 0) is 9.91 Å². The second-order valence-corrected chi connectivity index (χ2v) is 2.63. The van der Waals surface area contributed by atoms with Gasteiger partial charge >= 0.3 is 5.82 Å². The summed E-state index contributed by atoms with van der Waals surface area (Å²) in [6, 6.07) is 2.38. The van der Waals surface area contributed by atoms with Gasteiger partial charge in [-0.3, -0.25) is 0 Å². The lowest BCUT2D eigenvalue weighted by Gasteiger charge is -2.02. The van der Waals surface area contributed by atoms with Crippen molar-refractivity contribution in [3.63, 3.8) is 0 Å². The van der Waals surface area contributed by atoms with Crippen LogP contribution in [-0.4, -0.2) is 9.91 Å². The van der Waals surface area contributed by atoms with Crippen LogP contribution < -0.4 is 0 Å². The van der Waals surface area contributed by atoms with Crippen LogP contribution in [0.15, 0.2) is 12.3 Å². The highest BCUT2D eigenvalue weighted by molar-refractivity contribution is 5.35. The molecule has 0 N–H and O–H groups in total. The number of nitrogens with zero attached hydrogens (tertiary/aromatic N) is 3. The monoisotopic (exact) mass is 213 g/mol. The molecule has 0 spiro atoms. The number of rotatable bonds is 3. The molecule has 0 aromatic carbocycles. The van der Waals surface area contributed by atoms with E-state index in [0.717, 1.165) is 6.20 Å². The molecule has 15 heavy (non-hydrogen) atoms. The van der Waals surface area contributed by atoms with Crippen molar-refractivity contribution in [3.8, 4) is 6.07 Å². The number of hydrogen-bond acceptors (Lipinski definition) is 4. The van der Waals surface area contributed by atoms with E-state index < -0.39 is 22.7 Å². The van der Waals surface area contributed by atoms with E-state index in [1.807, 2.05) is 0 Å². The third kappa shape index (κ3) is 2.43. The van der Waals surface area contributed by atoms with Crippen molar-refractivity contribution in [1.29, 1.82) is 5.26 Å². The summed E-state index contributed by atoms with van der Waals surface area (Å²) >= 11 is 0. The molecule has 1 aromatic heterocycles. The molecule has 0 amide bonds. The summed E-state index contributed by atoms with van der Waals surface area (Å²) < 4.78 is 24.9. The van der Waals surface area contributed by atoms with E-state index in [1.165, 1.54) is 0 Å². The molecule has 0 unspecified atom stereocenters. The predicted molar refractivity (Wildman–Crippen MR) is 45.2 cm³/mol. The summed E-state index contributed by atoms with van der Waals surface area (Å²) in [6.07, 6.45) is -2.16. The summed E-state index contributed by atoms with van der Waals surface area (Å²) in [5, 5.41) is 18.6. The first kappa shape index (κ1) is 11.0. The highest BCUT2D eigenvalue weighted by atomic mass is 19.3. The van der Waals surface area contributed by atoms with E-state index in [2.05, 4.69) is 4.98 Å². The number of alkyl halides is 2. The number of pyridine rings is 1. The quantitative estimate of drug-likeness (QED) is 0.568. The third-order valence-electron chi connectivity index (χ3n) is 1.70. The van der Waals surface area contributed by atoms with Gasteiger partial charge in [0.1, 0.15) is 6.20 Å². The molecule has 1 aromatic rings. The van der Waals surface area contributed by atoms with Crippen molar-refractivity contribution in [3.05, 3.63) is 33.5 Å². The minimum atomic E-state index is -2.85. The van der Waals surface area contributed by atoms with Gasteiger partial charge in [-0.2, -0.15) is 5.26 Å². The summed E-state index contributed by atoms with van der Waals surface area (Å²) in [6.45, 7) is 0. The Labute approximate surface area is 83.1 Å². The van der Waals surface area contributed by atoms with Gasteiger partial charge in [-0.1, -0.05) is 0 Å². The Bertz CT molecular complexity index is 428. The van der Waals surface area contributed by atoms with Crippen molar-refractivity contribution < 1.29 is 13.7 Å². The first-order valence-corrected chi connectivity index (χ1v) is 3.84. The second-order valence-electron chi connectivity index (χ2n) is 2.63. The van der Waals surface area contributed by atoms with E-state index in [1.54, 1.807) is 6.07 Å². The van der Waals surface area contributed by atoms with Crippen molar-refractivity contribution in [2.45, 2.75) is 12.8 Å². The molecule has 0 aliphatic heterocycles. The molecule has 5 nitrogen and oxygen atoms in total. The fourth-order valence-electron chi connectivity index (χ4n) is 1.02. The number of nitro groups is 1. The van der Waals surface area contributed by atoms with Gasteiger partial charge in [0.15, 0.2) is 0 Å². The summed E-state index contributed by atoms with van der Waals surface area (Å²) in [7, 11) is 0.